The summed E-state index contributed by atoms with van der Waals surface area (Å²) in [7, 11) is 0. The highest BCUT2D eigenvalue weighted by molar-refractivity contribution is 4.95. The number of hydrogen-bond donors (Lipinski definition) is 0. The van der Waals surface area contributed by atoms with Crippen LogP contribution < -0.4 is 0 Å². The van der Waals surface area contributed by atoms with Gasteiger partial charge < -0.3 is 9.47 Å². The Kier molecular flexibility index (Phi) is 7.13. The molecule has 0 spiro atoms. The zero-order chi connectivity index (χ0) is 20.4. The van der Waals surface area contributed by atoms with Gasteiger partial charge >= 0.3 is 18.3 Å². The Labute approximate surface area is 140 Å². The van der Waals surface area contributed by atoms with Gasteiger partial charge in [0.1, 0.15) is 6.61 Å². The third-order valence-electron chi connectivity index (χ3n) is 3.48. The Bertz CT molecular complexity index is 449. The van der Waals surface area contributed by atoms with Gasteiger partial charge in [-0.25, -0.2) is 22.0 Å². The molecule has 1 heterocycles. The number of rotatable bonds is 7. The minimum atomic E-state index is -6.01. The normalized spacial score (nSPS) is 22.7. The zero-order valence-electron chi connectivity index (χ0n) is 12.8. The lowest BCUT2D eigenvalue weighted by molar-refractivity contribution is -0.296. The van der Waals surface area contributed by atoms with Crippen molar-refractivity contribution in [3.63, 3.8) is 0 Å². The summed E-state index contributed by atoms with van der Waals surface area (Å²) in [5, 5.41) is 0. The second-order valence-electron chi connectivity index (χ2n) is 5.50. The molecular formula is C12H14F11NO2. The van der Waals surface area contributed by atoms with Crippen LogP contribution in [0.1, 0.15) is 0 Å². The third kappa shape index (κ3) is 5.31. The van der Waals surface area contributed by atoms with Crippen LogP contribution in [0, 0.1) is 0 Å². The molecule has 1 saturated heterocycles. The van der Waals surface area contributed by atoms with Crippen LogP contribution in [0.15, 0.2) is 0 Å². The van der Waals surface area contributed by atoms with E-state index in [1.807, 2.05) is 0 Å². The Hall–Kier alpha value is -0.890. The van der Waals surface area contributed by atoms with E-state index in [9.17, 15) is 48.3 Å². The van der Waals surface area contributed by atoms with E-state index in [2.05, 4.69) is 4.74 Å². The molecule has 3 atom stereocenters. The van der Waals surface area contributed by atoms with Crippen molar-refractivity contribution in [3.8, 4) is 0 Å². The third-order valence-corrected chi connectivity index (χ3v) is 3.48. The second-order valence-corrected chi connectivity index (χ2v) is 5.50. The van der Waals surface area contributed by atoms with Crippen molar-refractivity contribution in [2.75, 3.05) is 39.5 Å². The number of ether oxygens (including phenoxy) is 2. The molecule has 0 bridgehead atoms. The Morgan fingerprint density at radius 3 is 1.77 bits per heavy atom. The molecule has 3 unspecified atom stereocenters. The van der Waals surface area contributed by atoms with Crippen LogP contribution >= 0.6 is 0 Å². The van der Waals surface area contributed by atoms with Gasteiger partial charge in [-0.2, -0.15) is 26.3 Å². The van der Waals surface area contributed by atoms with Crippen LogP contribution in [0.25, 0.3) is 0 Å². The van der Waals surface area contributed by atoms with E-state index in [0.29, 0.717) is 4.90 Å². The fourth-order valence-electron chi connectivity index (χ4n) is 2.03. The average Bonchev–Trinajstić information content (AvgIpc) is 2.52. The zero-order valence-corrected chi connectivity index (χ0v) is 12.8. The minimum Gasteiger partial charge on any atom is -0.379 e. The first kappa shape index (κ1) is 23.1. The van der Waals surface area contributed by atoms with E-state index in [4.69, 9.17) is 4.74 Å². The fraction of sp³-hybridized carbons (Fsp3) is 1.00. The molecule has 0 aromatic rings. The second kappa shape index (κ2) is 8.00. The molecule has 1 aliphatic rings. The van der Waals surface area contributed by atoms with Crippen molar-refractivity contribution in [2.24, 2.45) is 0 Å². The predicted octanol–water partition coefficient (Wildman–Crippen LogP) is 3.44. The van der Waals surface area contributed by atoms with Gasteiger partial charge in [-0.05, 0) is 0 Å². The van der Waals surface area contributed by atoms with E-state index in [1.54, 1.807) is 0 Å². The molecule has 26 heavy (non-hydrogen) atoms. The van der Waals surface area contributed by atoms with Crippen molar-refractivity contribution in [2.45, 2.75) is 36.4 Å². The molecule has 1 rings (SSSR count). The van der Waals surface area contributed by atoms with Crippen LogP contribution in [0.4, 0.5) is 48.3 Å². The van der Waals surface area contributed by atoms with Crippen LogP contribution in [-0.4, -0.2) is 80.8 Å². The highest BCUT2D eigenvalue weighted by Gasteiger charge is 2.64. The average molecular weight is 413 g/mol. The van der Waals surface area contributed by atoms with Gasteiger partial charge in [0.2, 0.25) is 0 Å². The fourth-order valence-corrected chi connectivity index (χ4v) is 2.03. The standard InChI is InChI=1S/C12H14F11NO2/c13-7(11(18,19)20)10(16,17)6-26-5-9(15,12(21,22)23)8(14)24-1-3-25-4-2-24/h7-8H,1-6H2. The van der Waals surface area contributed by atoms with Crippen molar-refractivity contribution in [1.82, 2.24) is 4.90 Å². The molecule has 156 valence electrons. The summed E-state index contributed by atoms with van der Waals surface area (Å²) in [4.78, 5) is 0.381. The number of hydrogen-bond acceptors (Lipinski definition) is 3. The Morgan fingerprint density at radius 1 is 0.846 bits per heavy atom. The summed E-state index contributed by atoms with van der Waals surface area (Å²) in [6.07, 6.45) is -20.1. The highest BCUT2D eigenvalue weighted by atomic mass is 19.4. The van der Waals surface area contributed by atoms with Gasteiger partial charge in [0, 0.05) is 13.1 Å². The first-order chi connectivity index (χ1) is 11.6. The molecule has 1 aliphatic heterocycles. The topological polar surface area (TPSA) is 21.7 Å². The van der Waals surface area contributed by atoms with E-state index in [0.717, 1.165) is 0 Å². The molecule has 14 heteroatoms. The number of morpholine rings is 1. The summed E-state index contributed by atoms with van der Waals surface area (Å²) in [5.74, 6) is -5.28. The summed E-state index contributed by atoms with van der Waals surface area (Å²) in [6.45, 7) is -6.23. The van der Waals surface area contributed by atoms with Crippen molar-refractivity contribution < 1.29 is 57.8 Å². The molecule has 0 aliphatic carbocycles. The smallest absolute Gasteiger partial charge is 0.379 e. The largest absolute Gasteiger partial charge is 0.429 e. The molecule has 0 saturated carbocycles. The lowest BCUT2D eigenvalue weighted by Gasteiger charge is -2.38. The summed E-state index contributed by atoms with van der Waals surface area (Å²) in [6, 6.07) is 0. The van der Waals surface area contributed by atoms with E-state index < -0.39 is 62.7 Å². The Morgan fingerprint density at radius 2 is 1.35 bits per heavy atom. The van der Waals surface area contributed by atoms with Crippen molar-refractivity contribution in [1.29, 1.82) is 0 Å². The lowest BCUT2D eigenvalue weighted by atomic mass is 10.0. The molecule has 0 aromatic carbocycles. The van der Waals surface area contributed by atoms with Gasteiger partial charge in [0.05, 0.1) is 19.8 Å². The maximum absolute atomic E-state index is 14.2. The molecule has 0 N–H and O–H groups in total. The molecule has 1 fully saturated rings. The maximum Gasteiger partial charge on any atom is 0.429 e. The van der Waals surface area contributed by atoms with Crippen LogP contribution in [-0.2, 0) is 9.47 Å². The minimum absolute atomic E-state index is 0.220. The number of alkyl halides is 11. The van der Waals surface area contributed by atoms with Gasteiger partial charge in [0.25, 0.3) is 11.8 Å². The van der Waals surface area contributed by atoms with Gasteiger partial charge in [-0.3, -0.25) is 4.90 Å². The lowest BCUT2D eigenvalue weighted by Crippen LogP contribution is -2.61. The van der Waals surface area contributed by atoms with E-state index in [-0.39, 0.29) is 13.2 Å². The molecule has 0 aromatic heterocycles. The van der Waals surface area contributed by atoms with Gasteiger partial charge in [-0.1, -0.05) is 0 Å². The van der Waals surface area contributed by atoms with Crippen molar-refractivity contribution in [3.05, 3.63) is 0 Å². The number of nitrogens with zero attached hydrogens (tertiary/aromatic N) is 1. The summed E-state index contributed by atoms with van der Waals surface area (Å²) >= 11 is 0. The van der Waals surface area contributed by atoms with E-state index in [1.165, 1.54) is 0 Å². The predicted molar refractivity (Wildman–Crippen MR) is 63.9 cm³/mol. The summed E-state index contributed by atoms with van der Waals surface area (Å²) < 4.78 is 150. The Balaban J connectivity index is 2.82. The van der Waals surface area contributed by atoms with Gasteiger partial charge in [-0.15, -0.1) is 0 Å². The molecular weight excluding hydrogens is 399 g/mol. The van der Waals surface area contributed by atoms with Gasteiger partial charge in [0.15, 0.2) is 6.30 Å². The monoisotopic (exact) mass is 413 g/mol. The SMILES string of the molecule is FC(C(F)(F)F)C(F)(F)COCC(F)(C(F)N1CCOCC1)C(F)(F)F. The molecule has 0 radical (unpaired) electrons. The summed E-state index contributed by atoms with van der Waals surface area (Å²) in [5.41, 5.74) is -4.82. The van der Waals surface area contributed by atoms with Crippen LogP contribution in [0.5, 0.6) is 0 Å². The first-order valence-corrected chi connectivity index (χ1v) is 7.01. The maximum atomic E-state index is 14.2. The number of halogens is 11. The van der Waals surface area contributed by atoms with E-state index >= 15 is 0 Å². The molecule has 3 nitrogen and oxygen atoms in total. The highest BCUT2D eigenvalue weighted by Crippen LogP contribution is 2.41. The quantitative estimate of drug-likeness (QED) is 0.472. The molecule has 0 amide bonds. The first-order valence-electron chi connectivity index (χ1n) is 7.01. The van der Waals surface area contributed by atoms with Crippen LogP contribution in [0.3, 0.4) is 0 Å². The van der Waals surface area contributed by atoms with Crippen molar-refractivity contribution >= 4 is 0 Å². The van der Waals surface area contributed by atoms with Crippen LogP contribution in [0.2, 0.25) is 0 Å².